The van der Waals surface area contributed by atoms with Gasteiger partial charge in [0.1, 0.15) is 12.4 Å². The largest absolute Gasteiger partial charge is 0.489 e. The van der Waals surface area contributed by atoms with E-state index in [4.69, 9.17) is 4.74 Å². The lowest BCUT2D eigenvalue weighted by atomic mass is 10.1. The van der Waals surface area contributed by atoms with Gasteiger partial charge in [0.2, 0.25) is 0 Å². The van der Waals surface area contributed by atoms with Gasteiger partial charge in [0, 0.05) is 10.0 Å². The van der Waals surface area contributed by atoms with Crippen LogP contribution in [0.1, 0.15) is 32.9 Å². The molecule has 5 nitrogen and oxygen atoms in total. The topological polar surface area (TPSA) is 56.2 Å². The maximum Gasteiger partial charge on any atom is 0.255 e. The molecule has 0 atom stereocenters. The van der Waals surface area contributed by atoms with Crippen molar-refractivity contribution in [2.75, 3.05) is 5.32 Å². The summed E-state index contributed by atoms with van der Waals surface area (Å²) >= 11 is 3.42. The van der Waals surface area contributed by atoms with Crippen molar-refractivity contribution in [3.8, 4) is 5.75 Å². The average molecular weight is 490 g/mol. The molecule has 1 N–H and O–H groups in total. The summed E-state index contributed by atoms with van der Waals surface area (Å²) in [4.78, 5) is 13.0. The second-order valence-electron chi connectivity index (χ2n) is 7.59. The predicted octanol–water partition coefficient (Wildman–Crippen LogP) is 6.14. The molecule has 162 valence electrons. The van der Waals surface area contributed by atoms with Gasteiger partial charge in [-0.2, -0.15) is 5.10 Å². The van der Waals surface area contributed by atoms with E-state index in [0.717, 1.165) is 38.4 Å². The van der Waals surface area contributed by atoms with Gasteiger partial charge < -0.3 is 10.1 Å². The Morgan fingerprint density at radius 3 is 2.44 bits per heavy atom. The molecule has 0 aliphatic carbocycles. The predicted molar refractivity (Wildman–Crippen MR) is 130 cm³/mol. The number of rotatable bonds is 7. The molecular weight excluding hydrogens is 466 g/mol. The summed E-state index contributed by atoms with van der Waals surface area (Å²) < 4.78 is 8.75. The third-order valence-corrected chi connectivity index (χ3v) is 5.73. The fourth-order valence-electron chi connectivity index (χ4n) is 3.47. The zero-order valence-corrected chi connectivity index (χ0v) is 19.6. The molecule has 32 heavy (non-hydrogen) atoms. The summed E-state index contributed by atoms with van der Waals surface area (Å²) in [5.74, 6) is 0.612. The van der Waals surface area contributed by atoms with Crippen molar-refractivity contribution < 1.29 is 9.53 Å². The normalized spacial score (nSPS) is 10.7. The lowest BCUT2D eigenvalue weighted by Crippen LogP contribution is -2.14. The van der Waals surface area contributed by atoms with E-state index in [2.05, 4.69) is 38.5 Å². The minimum atomic E-state index is -0.166. The van der Waals surface area contributed by atoms with E-state index >= 15 is 0 Å². The Labute approximate surface area is 196 Å². The first-order chi connectivity index (χ1) is 15.5. The van der Waals surface area contributed by atoms with Crippen molar-refractivity contribution >= 4 is 27.5 Å². The summed E-state index contributed by atoms with van der Waals surface area (Å²) in [5.41, 5.74) is 5.14. The molecule has 1 aromatic heterocycles. The smallest absolute Gasteiger partial charge is 0.255 e. The van der Waals surface area contributed by atoms with Crippen LogP contribution in [0.25, 0.3) is 0 Å². The van der Waals surface area contributed by atoms with Crippen LogP contribution < -0.4 is 10.1 Å². The Balaban J connectivity index is 1.45. The first-order valence-corrected chi connectivity index (χ1v) is 11.2. The van der Waals surface area contributed by atoms with Gasteiger partial charge in [0.25, 0.3) is 5.91 Å². The van der Waals surface area contributed by atoms with Crippen LogP contribution >= 0.6 is 15.9 Å². The van der Waals surface area contributed by atoms with E-state index in [1.807, 2.05) is 79.2 Å². The molecule has 0 bridgehead atoms. The molecular formula is C26H24BrN3O2. The number of benzene rings is 3. The maximum absolute atomic E-state index is 13.0. The number of halogens is 1. The molecule has 0 saturated carbocycles. The Bertz CT molecular complexity index is 1220. The minimum Gasteiger partial charge on any atom is -0.489 e. The Hall–Kier alpha value is -3.38. The van der Waals surface area contributed by atoms with Gasteiger partial charge >= 0.3 is 0 Å². The first kappa shape index (κ1) is 21.8. The van der Waals surface area contributed by atoms with Gasteiger partial charge in [-0.1, -0.05) is 58.4 Å². The fraction of sp³-hybridized carbons (Fsp3) is 0.154. The van der Waals surface area contributed by atoms with Crippen LogP contribution in [0.2, 0.25) is 0 Å². The number of carbonyl (C=O) groups excluding carboxylic acids is 1. The van der Waals surface area contributed by atoms with E-state index in [0.29, 0.717) is 18.7 Å². The molecule has 4 aromatic rings. The zero-order chi connectivity index (χ0) is 22.5. The van der Waals surface area contributed by atoms with Crippen LogP contribution in [0.5, 0.6) is 5.75 Å². The van der Waals surface area contributed by atoms with Crippen molar-refractivity contribution in [1.82, 2.24) is 9.78 Å². The number of hydrogen-bond acceptors (Lipinski definition) is 3. The first-order valence-electron chi connectivity index (χ1n) is 10.4. The molecule has 0 fully saturated rings. The third kappa shape index (κ3) is 5.26. The monoisotopic (exact) mass is 489 g/mol. The Kier molecular flexibility index (Phi) is 6.71. The second-order valence-corrected chi connectivity index (χ2v) is 8.50. The van der Waals surface area contributed by atoms with Crippen LogP contribution in [0, 0.1) is 13.8 Å². The van der Waals surface area contributed by atoms with Gasteiger partial charge in [-0.05, 0) is 61.4 Å². The number of aromatic nitrogens is 2. The average Bonchev–Trinajstić information content (AvgIpc) is 3.07. The molecule has 6 heteroatoms. The maximum atomic E-state index is 13.0. The number of amides is 1. The van der Waals surface area contributed by atoms with Crippen LogP contribution in [0.4, 0.5) is 5.69 Å². The highest BCUT2D eigenvalue weighted by Crippen LogP contribution is 2.22. The molecule has 1 heterocycles. The molecule has 0 radical (unpaired) electrons. The lowest BCUT2D eigenvalue weighted by molar-refractivity contribution is 0.102. The summed E-state index contributed by atoms with van der Waals surface area (Å²) in [6.07, 6.45) is 0. The summed E-state index contributed by atoms with van der Waals surface area (Å²) in [7, 11) is 0. The third-order valence-electron chi connectivity index (χ3n) is 5.20. The molecule has 4 rings (SSSR count). The van der Waals surface area contributed by atoms with Crippen LogP contribution in [0.3, 0.4) is 0 Å². The Morgan fingerprint density at radius 2 is 1.69 bits per heavy atom. The van der Waals surface area contributed by atoms with E-state index in [9.17, 15) is 4.79 Å². The minimum absolute atomic E-state index is 0.166. The molecule has 0 unspecified atom stereocenters. The van der Waals surface area contributed by atoms with Crippen molar-refractivity contribution in [3.05, 3.63) is 111 Å². The van der Waals surface area contributed by atoms with Crippen LogP contribution in [0.15, 0.2) is 83.3 Å². The van der Waals surface area contributed by atoms with Gasteiger partial charge in [0.05, 0.1) is 23.6 Å². The lowest BCUT2D eigenvalue weighted by Gasteiger charge is -2.10. The summed E-state index contributed by atoms with van der Waals surface area (Å²) in [6, 6.07) is 25.3. The number of carbonyl (C=O) groups is 1. The number of nitrogens with one attached hydrogen (secondary N) is 1. The second kappa shape index (κ2) is 9.83. The standard InChI is InChI=1S/C26H24BrN3O2/c1-18-25(19(2)30(29-18)16-20-7-4-3-5-8-20)28-26(31)22-10-6-9-21(15-22)17-32-24-13-11-23(27)12-14-24/h3-15H,16-17H2,1-2H3,(H,28,31). The highest BCUT2D eigenvalue weighted by Gasteiger charge is 2.16. The summed E-state index contributed by atoms with van der Waals surface area (Å²) in [5, 5.41) is 7.66. The number of anilines is 1. The van der Waals surface area contributed by atoms with Crippen molar-refractivity contribution in [2.24, 2.45) is 0 Å². The highest BCUT2D eigenvalue weighted by molar-refractivity contribution is 9.10. The van der Waals surface area contributed by atoms with Gasteiger partial charge in [-0.25, -0.2) is 0 Å². The molecule has 0 spiro atoms. The summed E-state index contributed by atoms with van der Waals surface area (Å²) in [6.45, 7) is 4.93. The van der Waals surface area contributed by atoms with E-state index in [-0.39, 0.29) is 5.91 Å². The zero-order valence-electron chi connectivity index (χ0n) is 18.0. The molecule has 0 saturated heterocycles. The van der Waals surface area contributed by atoms with Gasteiger partial charge in [0.15, 0.2) is 0 Å². The number of aryl methyl sites for hydroxylation is 1. The molecule has 0 aliphatic rings. The van der Waals surface area contributed by atoms with E-state index < -0.39 is 0 Å². The SMILES string of the molecule is Cc1nn(Cc2ccccc2)c(C)c1NC(=O)c1cccc(COc2ccc(Br)cc2)c1. The number of ether oxygens (including phenoxy) is 1. The van der Waals surface area contributed by atoms with E-state index in [1.165, 1.54) is 0 Å². The van der Waals surface area contributed by atoms with Crippen LogP contribution in [-0.4, -0.2) is 15.7 Å². The van der Waals surface area contributed by atoms with E-state index in [1.54, 1.807) is 6.07 Å². The quantitative estimate of drug-likeness (QED) is 0.339. The Morgan fingerprint density at radius 1 is 0.969 bits per heavy atom. The molecule has 1 amide bonds. The van der Waals surface area contributed by atoms with Crippen molar-refractivity contribution in [3.63, 3.8) is 0 Å². The van der Waals surface area contributed by atoms with Crippen molar-refractivity contribution in [2.45, 2.75) is 27.0 Å². The highest BCUT2D eigenvalue weighted by atomic mass is 79.9. The van der Waals surface area contributed by atoms with Crippen LogP contribution in [-0.2, 0) is 13.2 Å². The van der Waals surface area contributed by atoms with Crippen molar-refractivity contribution in [1.29, 1.82) is 0 Å². The van der Waals surface area contributed by atoms with Gasteiger partial charge in [-0.3, -0.25) is 9.48 Å². The number of nitrogens with zero attached hydrogens (tertiary/aromatic N) is 2. The fourth-order valence-corrected chi connectivity index (χ4v) is 3.74. The number of hydrogen-bond donors (Lipinski definition) is 1. The molecule has 0 aliphatic heterocycles. The molecule has 3 aromatic carbocycles. The van der Waals surface area contributed by atoms with Gasteiger partial charge in [-0.15, -0.1) is 0 Å².